The topological polar surface area (TPSA) is 35.6 Å². The molecule has 0 aromatic rings. The van der Waals surface area contributed by atoms with E-state index in [0.717, 1.165) is 51.2 Å². The molecule has 4 nitrogen and oxygen atoms in total. The van der Waals surface area contributed by atoms with Gasteiger partial charge in [0.05, 0.1) is 5.92 Å². The highest BCUT2D eigenvalue weighted by Gasteiger charge is 2.33. The molecule has 128 valence electrons. The van der Waals surface area contributed by atoms with Crippen LogP contribution in [0, 0.1) is 11.8 Å². The zero-order valence-corrected chi connectivity index (χ0v) is 14.8. The van der Waals surface area contributed by atoms with E-state index >= 15 is 0 Å². The van der Waals surface area contributed by atoms with Crippen LogP contribution < -0.4 is 5.32 Å². The van der Waals surface area contributed by atoms with Crippen molar-refractivity contribution >= 4 is 5.91 Å². The summed E-state index contributed by atoms with van der Waals surface area (Å²) >= 11 is 0. The van der Waals surface area contributed by atoms with Crippen LogP contribution in [-0.2, 0) is 4.79 Å². The molecule has 1 N–H and O–H groups in total. The van der Waals surface area contributed by atoms with Crippen molar-refractivity contribution in [3.05, 3.63) is 0 Å². The molecule has 3 rings (SSSR count). The predicted molar refractivity (Wildman–Crippen MR) is 91.9 cm³/mol. The van der Waals surface area contributed by atoms with Crippen molar-refractivity contribution in [1.82, 2.24) is 15.1 Å². The number of hydrogen-bond acceptors (Lipinski definition) is 3. The van der Waals surface area contributed by atoms with Crippen molar-refractivity contribution in [2.24, 2.45) is 11.8 Å². The van der Waals surface area contributed by atoms with E-state index in [-0.39, 0.29) is 5.92 Å². The van der Waals surface area contributed by atoms with Gasteiger partial charge in [-0.15, -0.1) is 0 Å². The lowest BCUT2D eigenvalue weighted by Gasteiger charge is -2.43. The highest BCUT2D eigenvalue weighted by atomic mass is 16.2. The molecule has 2 aliphatic heterocycles. The molecule has 0 spiro atoms. The second-order valence-electron chi connectivity index (χ2n) is 6.80. The Labute approximate surface area is 136 Å². The molecule has 2 saturated heterocycles. The quantitative estimate of drug-likeness (QED) is 0.869. The van der Waals surface area contributed by atoms with E-state index in [2.05, 4.69) is 22.0 Å². The highest BCUT2D eigenvalue weighted by molar-refractivity contribution is 5.80. The maximum absolute atomic E-state index is 12.2. The number of rotatable bonds is 3. The second-order valence-corrected chi connectivity index (χ2v) is 6.80. The van der Waals surface area contributed by atoms with Gasteiger partial charge in [0.15, 0.2) is 0 Å². The molecule has 22 heavy (non-hydrogen) atoms. The Morgan fingerprint density at radius 2 is 1.59 bits per heavy atom. The standard InChI is InChI=1S/C16H29N3O.C2H6/c1-2-13-3-5-15(6-4-13)18-7-9-19(10-8-18)16(20)14-11-17-12-14;1-2/h13-15,17H,2-12H2,1H3;1-2H3. The molecule has 1 saturated carbocycles. The lowest BCUT2D eigenvalue weighted by Crippen LogP contribution is -2.57. The monoisotopic (exact) mass is 309 g/mol. The van der Waals surface area contributed by atoms with E-state index in [1.807, 2.05) is 13.8 Å². The van der Waals surface area contributed by atoms with Crippen LogP contribution in [0.15, 0.2) is 0 Å². The molecule has 3 aliphatic rings. The van der Waals surface area contributed by atoms with Gasteiger partial charge >= 0.3 is 0 Å². The van der Waals surface area contributed by atoms with E-state index in [1.54, 1.807) is 0 Å². The van der Waals surface area contributed by atoms with Gasteiger partial charge in [-0.25, -0.2) is 0 Å². The van der Waals surface area contributed by atoms with E-state index in [4.69, 9.17) is 0 Å². The molecule has 0 bridgehead atoms. The van der Waals surface area contributed by atoms with Gasteiger partial charge in [0.25, 0.3) is 0 Å². The van der Waals surface area contributed by atoms with Crippen LogP contribution in [0.4, 0.5) is 0 Å². The minimum Gasteiger partial charge on any atom is -0.340 e. The Balaban J connectivity index is 0.000000847. The summed E-state index contributed by atoms with van der Waals surface area (Å²) in [5.41, 5.74) is 0. The molecule has 0 unspecified atom stereocenters. The Bertz CT molecular complexity index is 327. The Kier molecular flexibility index (Phi) is 7.16. The fraction of sp³-hybridized carbons (Fsp3) is 0.944. The zero-order chi connectivity index (χ0) is 15.9. The lowest BCUT2D eigenvalue weighted by atomic mass is 9.84. The van der Waals surface area contributed by atoms with Crippen molar-refractivity contribution < 1.29 is 4.79 Å². The lowest BCUT2D eigenvalue weighted by molar-refractivity contribution is -0.139. The third-order valence-corrected chi connectivity index (χ3v) is 5.67. The summed E-state index contributed by atoms with van der Waals surface area (Å²) in [7, 11) is 0. The normalized spacial score (nSPS) is 30.2. The number of hydrogen-bond donors (Lipinski definition) is 1. The maximum Gasteiger partial charge on any atom is 0.228 e. The summed E-state index contributed by atoms with van der Waals surface area (Å²) in [6.45, 7) is 12.2. The minimum atomic E-state index is 0.265. The molecule has 1 amide bonds. The molecule has 0 atom stereocenters. The number of piperazine rings is 1. The Morgan fingerprint density at radius 3 is 2.05 bits per heavy atom. The van der Waals surface area contributed by atoms with Gasteiger partial charge in [-0.3, -0.25) is 9.69 Å². The third kappa shape index (κ3) is 4.23. The van der Waals surface area contributed by atoms with E-state index in [9.17, 15) is 4.79 Å². The molecular formula is C18H35N3O. The number of amides is 1. The van der Waals surface area contributed by atoms with E-state index in [1.165, 1.54) is 32.1 Å². The van der Waals surface area contributed by atoms with Gasteiger partial charge in [-0.1, -0.05) is 27.2 Å². The van der Waals surface area contributed by atoms with Crippen LogP contribution in [0.25, 0.3) is 0 Å². The van der Waals surface area contributed by atoms with Crippen LogP contribution in [0.2, 0.25) is 0 Å². The van der Waals surface area contributed by atoms with Crippen molar-refractivity contribution in [2.75, 3.05) is 39.3 Å². The van der Waals surface area contributed by atoms with Crippen LogP contribution in [0.5, 0.6) is 0 Å². The molecule has 0 aromatic heterocycles. The second kappa shape index (κ2) is 8.88. The largest absolute Gasteiger partial charge is 0.340 e. The van der Waals surface area contributed by atoms with Gasteiger partial charge in [-0.05, 0) is 31.6 Å². The van der Waals surface area contributed by atoms with Gasteiger partial charge in [0, 0.05) is 45.3 Å². The average molecular weight is 309 g/mol. The fourth-order valence-corrected chi connectivity index (χ4v) is 3.95. The molecule has 3 fully saturated rings. The van der Waals surface area contributed by atoms with Crippen molar-refractivity contribution in [3.63, 3.8) is 0 Å². The summed E-state index contributed by atoms with van der Waals surface area (Å²) in [5, 5.41) is 3.19. The highest BCUT2D eigenvalue weighted by Crippen LogP contribution is 2.30. The number of carbonyl (C=O) groups excluding carboxylic acids is 1. The molecule has 2 heterocycles. The first-order chi connectivity index (χ1) is 10.8. The fourth-order valence-electron chi connectivity index (χ4n) is 3.95. The van der Waals surface area contributed by atoms with E-state index in [0.29, 0.717) is 5.91 Å². The molecule has 1 aliphatic carbocycles. The van der Waals surface area contributed by atoms with Gasteiger partial charge in [-0.2, -0.15) is 0 Å². The van der Waals surface area contributed by atoms with Crippen LogP contribution in [0.3, 0.4) is 0 Å². The molecule has 0 radical (unpaired) electrons. The van der Waals surface area contributed by atoms with Gasteiger partial charge in [0.1, 0.15) is 0 Å². The van der Waals surface area contributed by atoms with Crippen LogP contribution in [0.1, 0.15) is 52.9 Å². The van der Waals surface area contributed by atoms with Crippen molar-refractivity contribution in [3.8, 4) is 0 Å². The number of nitrogens with zero attached hydrogens (tertiary/aromatic N) is 2. The molecular weight excluding hydrogens is 274 g/mol. The first-order valence-corrected chi connectivity index (χ1v) is 9.51. The zero-order valence-electron chi connectivity index (χ0n) is 14.8. The minimum absolute atomic E-state index is 0.265. The van der Waals surface area contributed by atoms with Crippen LogP contribution >= 0.6 is 0 Å². The summed E-state index contributed by atoms with van der Waals surface area (Å²) in [6, 6.07) is 0.792. The Morgan fingerprint density at radius 1 is 1.00 bits per heavy atom. The maximum atomic E-state index is 12.2. The average Bonchev–Trinajstić information content (AvgIpc) is 2.55. The summed E-state index contributed by atoms with van der Waals surface area (Å²) in [6.07, 6.45) is 6.92. The summed E-state index contributed by atoms with van der Waals surface area (Å²) < 4.78 is 0. The Hall–Kier alpha value is -0.610. The van der Waals surface area contributed by atoms with Crippen LogP contribution in [-0.4, -0.2) is 61.0 Å². The third-order valence-electron chi connectivity index (χ3n) is 5.67. The summed E-state index contributed by atoms with van der Waals surface area (Å²) in [4.78, 5) is 17.0. The van der Waals surface area contributed by atoms with Crippen molar-refractivity contribution in [2.45, 2.75) is 58.9 Å². The smallest absolute Gasteiger partial charge is 0.228 e. The van der Waals surface area contributed by atoms with Gasteiger partial charge in [0.2, 0.25) is 5.91 Å². The van der Waals surface area contributed by atoms with Crippen molar-refractivity contribution in [1.29, 1.82) is 0 Å². The first kappa shape index (κ1) is 17.7. The predicted octanol–water partition coefficient (Wildman–Crippen LogP) is 2.34. The summed E-state index contributed by atoms with van der Waals surface area (Å²) in [5.74, 6) is 1.62. The molecule has 4 heteroatoms. The SMILES string of the molecule is CC.CCC1CCC(N2CCN(C(=O)C3CNC3)CC2)CC1. The molecule has 0 aromatic carbocycles. The van der Waals surface area contributed by atoms with Gasteiger partial charge < -0.3 is 10.2 Å². The first-order valence-electron chi connectivity index (χ1n) is 9.51. The number of carbonyl (C=O) groups is 1. The van der Waals surface area contributed by atoms with E-state index < -0.39 is 0 Å². The number of nitrogens with one attached hydrogen (secondary N) is 1.